The zero-order valence-electron chi connectivity index (χ0n) is 21.8. The molecule has 0 spiro atoms. The van der Waals surface area contributed by atoms with Crippen molar-refractivity contribution >= 4 is 70.5 Å². The monoisotopic (exact) mass is 652 g/mol. The van der Waals surface area contributed by atoms with Gasteiger partial charge in [-0.25, -0.2) is 4.79 Å². The second-order valence-corrected chi connectivity index (χ2v) is 9.70. The van der Waals surface area contributed by atoms with Gasteiger partial charge in [0.25, 0.3) is 11.6 Å². The van der Waals surface area contributed by atoms with E-state index >= 15 is 0 Å². The van der Waals surface area contributed by atoms with Gasteiger partial charge in [-0.2, -0.15) is 0 Å². The number of nitrogens with one attached hydrogen (secondary N) is 3. The van der Waals surface area contributed by atoms with E-state index in [0.29, 0.717) is 0 Å². The third-order valence-corrected chi connectivity index (χ3v) is 5.75. The standard InChI is InChI=1S/C23H26Cl2N4O14/c24-20(25)22(38)28-14(19(36)10-1-3-11(4-2-10)29(41)42)9-43-18(35)6-5-15(30)26-12(7-16(31)32)21(37)27-13(23(39)40)8-17(33)34/h1-4,12-14,19-20,36H,5-9H2,(H,26,30)(H,27,37)(H,28,38)(H,31,32)(H,33,34)(H,39,40)/t12-,13-,14-,19-/m1/s1. The Morgan fingerprint density at radius 1 is 0.837 bits per heavy atom. The summed E-state index contributed by atoms with van der Waals surface area (Å²) in [6.45, 7) is -0.685. The van der Waals surface area contributed by atoms with Gasteiger partial charge >= 0.3 is 23.9 Å². The lowest BCUT2D eigenvalue weighted by atomic mass is 10.0. The van der Waals surface area contributed by atoms with Crippen molar-refractivity contribution in [1.29, 1.82) is 0 Å². The van der Waals surface area contributed by atoms with Crippen molar-refractivity contribution < 1.29 is 63.6 Å². The van der Waals surface area contributed by atoms with Crippen molar-refractivity contribution in [2.45, 2.75) is 54.7 Å². The second-order valence-electron chi connectivity index (χ2n) is 8.61. The zero-order valence-corrected chi connectivity index (χ0v) is 23.3. The molecule has 0 heterocycles. The van der Waals surface area contributed by atoms with Gasteiger partial charge in [-0.05, 0) is 17.7 Å². The molecule has 236 valence electrons. The highest BCUT2D eigenvalue weighted by molar-refractivity contribution is 6.53. The van der Waals surface area contributed by atoms with E-state index in [1.807, 2.05) is 10.6 Å². The molecule has 0 radical (unpaired) electrons. The van der Waals surface area contributed by atoms with Crippen molar-refractivity contribution in [3.05, 3.63) is 39.9 Å². The van der Waals surface area contributed by atoms with Gasteiger partial charge < -0.3 is 41.1 Å². The van der Waals surface area contributed by atoms with Crippen molar-refractivity contribution in [2.24, 2.45) is 0 Å². The van der Waals surface area contributed by atoms with Crippen LogP contribution >= 0.6 is 23.2 Å². The predicted octanol–water partition coefficient (Wildman–Crippen LogP) is -0.756. The van der Waals surface area contributed by atoms with Gasteiger partial charge in [-0.3, -0.25) is 38.9 Å². The molecule has 0 aliphatic rings. The van der Waals surface area contributed by atoms with Gasteiger partial charge in [0.05, 0.1) is 30.2 Å². The molecule has 43 heavy (non-hydrogen) atoms. The smallest absolute Gasteiger partial charge is 0.326 e. The summed E-state index contributed by atoms with van der Waals surface area (Å²) >= 11 is 11.0. The van der Waals surface area contributed by atoms with Crippen LogP contribution in [0.25, 0.3) is 0 Å². The SMILES string of the molecule is O=C(O)C[C@@H](NC(=O)[C@@H](CC(=O)O)NC(=O)CCC(=O)OC[C@@H](NC(=O)C(Cl)Cl)[C@H](O)c1ccc([N+](=O)[O-])cc1)C(=O)O. The molecule has 4 atom stereocenters. The fraction of sp³-hybridized carbons (Fsp3) is 0.435. The van der Waals surface area contributed by atoms with E-state index in [-0.39, 0.29) is 11.3 Å². The molecular formula is C23H26Cl2N4O14. The number of nitro benzene ring substituents is 1. The molecule has 7 N–H and O–H groups in total. The van der Waals surface area contributed by atoms with Crippen LogP contribution in [-0.4, -0.2) is 96.5 Å². The quantitative estimate of drug-likeness (QED) is 0.0444. The third-order valence-electron chi connectivity index (χ3n) is 5.36. The number of rotatable bonds is 18. The molecule has 0 saturated carbocycles. The molecule has 0 unspecified atom stereocenters. The summed E-state index contributed by atoms with van der Waals surface area (Å²) in [4.78, 5) is 90.6. The van der Waals surface area contributed by atoms with Gasteiger partial charge in [0.2, 0.25) is 11.8 Å². The normalized spacial score (nSPS) is 13.5. The van der Waals surface area contributed by atoms with Gasteiger partial charge in [0, 0.05) is 18.6 Å². The van der Waals surface area contributed by atoms with Crippen LogP contribution < -0.4 is 16.0 Å². The molecule has 0 saturated heterocycles. The first-order valence-corrected chi connectivity index (χ1v) is 12.8. The molecule has 0 bridgehead atoms. The van der Waals surface area contributed by atoms with Crippen LogP contribution in [0.2, 0.25) is 0 Å². The van der Waals surface area contributed by atoms with Crippen LogP contribution in [0.3, 0.4) is 0 Å². The van der Waals surface area contributed by atoms with E-state index in [1.165, 1.54) is 12.1 Å². The van der Waals surface area contributed by atoms with Crippen LogP contribution in [-0.2, 0) is 38.3 Å². The van der Waals surface area contributed by atoms with Crippen molar-refractivity contribution in [3.63, 3.8) is 0 Å². The number of aliphatic carboxylic acids is 3. The summed E-state index contributed by atoms with van der Waals surface area (Å²) in [5, 5.41) is 54.4. The number of carbonyl (C=O) groups is 7. The topological polar surface area (TPSA) is 289 Å². The number of esters is 1. The average molecular weight is 653 g/mol. The van der Waals surface area contributed by atoms with Crippen LogP contribution in [0.1, 0.15) is 37.4 Å². The third kappa shape index (κ3) is 13.3. The number of nitro groups is 1. The van der Waals surface area contributed by atoms with Gasteiger partial charge in [-0.1, -0.05) is 23.2 Å². The maximum atomic E-state index is 12.3. The molecule has 0 aromatic heterocycles. The fourth-order valence-corrected chi connectivity index (χ4v) is 3.38. The fourth-order valence-electron chi connectivity index (χ4n) is 3.25. The van der Waals surface area contributed by atoms with Crippen LogP contribution in [0, 0.1) is 10.1 Å². The highest BCUT2D eigenvalue weighted by atomic mass is 35.5. The number of benzene rings is 1. The number of nitrogens with zero attached hydrogens (tertiary/aromatic N) is 1. The summed E-state index contributed by atoms with van der Waals surface area (Å²) in [5.74, 6) is -9.22. The number of aliphatic hydroxyl groups excluding tert-OH is 1. The van der Waals surface area contributed by atoms with Crippen LogP contribution in [0.5, 0.6) is 0 Å². The molecule has 20 heteroatoms. The molecular weight excluding hydrogens is 627 g/mol. The van der Waals surface area contributed by atoms with Crippen molar-refractivity contribution in [1.82, 2.24) is 16.0 Å². The molecule has 0 fully saturated rings. The molecule has 1 rings (SSSR count). The molecule has 0 aliphatic heterocycles. The minimum Gasteiger partial charge on any atom is -0.481 e. The number of carboxylic acids is 3. The zero-order chi connectivity index (χ0) is 32.9. The maximum Gasteiger partial charge on any atom is 0.326 e. The molecule has 1 aromatic carbocycles. The lowest BCUT2D eigenvalue weighted by Crippen LogP contribution is -2.52. The van der Waals surface area contributed by atoms with E-state index < -0.39 is 108 Å². The number of aliphatic hydroxyl groups is 1. The Morgan fingerprint density at radius 3 is 1.88 bits per heavy atom. The summed E-state index contributed by atoms with van der Waals surface area (Å²) in [7, 11) is 0. The van der Waals surface area contributed by atoms with E-state index in [2.05, 4.69) is 5.32 Å². The number of non-ortho nitro benzene ring substituents is 1. The van der Waals surface area contributed by atoms with Gasteiger partial charge in [0.1, 0.15) is 24.8 Å². The minimum absolute atomic E-state index is 0.0864. The highest BCUT2D eigenvalue weighted by Gasteiger charge is 2.30. The van der Waals surface area contributed by atoms with E-state index in [9.17, 15) is 48.8 Å². The molecule has 1 aromatic rings. The van der Waals surface area contributed by atoms with Gasteiger partial charge in [0.15, 0.2) is 4.84 Å². The van der Waals surface area contributed by atoms with Gasteiger partial charge in [-0.15, -0.1) is 0 Å². The Bertz CT molecular complexity index is 1230. The maximum absolute atomic E-state index is 12.3. The van der Waals surface area contributed by atoms with Crippen LogP contribution in [0.4, 0.5) is 5.69 Å². The average Bonchev–Trinajstić information content (AvgIpc) is 2.92. The minimum atomic E-state index is -1.92. The largest absolute Gasteiger partial charge is 0.481 e. The number of hydrogen-bond acceptors (Lipinski definition) is 11. The molecule has 3 amide bonds. The highest BCUT2D eigenvalue weighted by Crippen LogP contribution is 2.21. The van der Waals surface area contributed by atoms with E-state index in [4.69, 9.17) is 43.3 Å². The Morgan fingerprint density at radius 2 is 1.40 bits per heavy atom. The lowest BCUT2D eigenvalue weighted by Gasteiger charge is -2.24. The summed E-state index contributed by atoms with van der Waals surface area (Å²) in [6.07, 6.45) is -4.92. The van der Waals surface area contributed by atoms with E-state index in [1.54, 1.807) is 0 Å². The lowest BCUT2D eigenvalue weighted by molar-refractivity contribution is -0.384. The Labute approximate surface area is 251 Å². The Balaban J connectivity index is 2.83. The first-order valence-electron chi connectivity index (χ1n) is 11.9. The Hall–Kier alpha value is -4.55. The number of ether oxygens (including phenoxy) is 1. The summed E-state index contributed by atoms with van der Waals surface area (Å²) in [6, 6.07) is -0.556. The first kappa shape index (κ1) is 36.5. The molecule has 18 nitrogen and oxygen atoms in total. The number of halogens is 2. The number of amides is 3. The summed E-state index contributed by atoms with van der Waals surface area (Å²) < 4.78 is 4.99. The number of hydrogen-bond donors (Lipinski definition) is 7. The first-order chi connectivity index (χ1) is 20.0. The predicted molar refractivity (Wildman–Crippen MR) is 142 cm³/mol. The van der Waals surface area contributed by atoms with Crippen LogP contribution in [0.15, 0.2) is 24.3 Å². The number of carbonyl (C=O) groups excluding carboxylic acids is 4. The van der Waals surface area contributed by atoms with Crippen molar-refractivity contribution in [3.8, 4) is 0 Å². The van der Waals surface area contributed by atoms with Crippen molar-refractivity contribution in [2.75, 3.05) is 6.61 Å². The number of carboxylic acid groups (broad SMARTS) is 3. The Kier molecular flexibility index (Phi) is 14.8. The number of alkyl halides is 2. The second kappa shape index (κ2) is 17.4. The van der Waals surface area contributed by atoms with E-state index in [0.717, 1.165) is 12.1 Å². The molecule has 0 aliphatic carbocycles. The summed E-state index contributed by atoms with van der Waals surface area (Å²) in [5.41, 5.74) is -0.198.